The Morgan fingerprint density at radius 3 is 2.05 bits per heavy atom. The fraction of sp³-hybridized carbons (Fsp3) is 0.867. The maximum absolute atomic E-state index is 13.3. The highest BCUT2D eigenvalue weighted by Crippen LogP contribution is 2.46. The number of hydrogen-bond donors (Lipinski definition) is 2. The fourth-order valence-corrected chi connectivity index (χ4v) is 12.0. The predicted molar refractivity (Wildman–Crippen MR) is 211 cm³/mol. The summed E-state index contributed by atoms with van der Waals surface area (Å²) in [6.45, 7) is 7.06. The van der Waals surface area contributed by atoms with Gasteiger partial charge in [-0.1, -0.05) is 37.3 Å². The summed E-state index contributed by atoms with van der Waals surface area (Å²) in [6, 6.07) is -0.843. The molecule has 308 valence electrons. The summed E-state index contributed by atoms with van der Waals surface area (Å²) in [5, 5.41) is 12.6. The molecule has 4 aliphatic carbocycles. The van der Waals surface area contributed by atoms with E-state index in [1.54, 1.807) is 0 Å². The van der Waals surface area contributed by atoms with Crippen LogP contribution in [0.1, 0.15) is 155 Å². The van der Waals surface area contributed by atoms with Gasteiger partial charge < -0.3 is 19.5 Å². The van der Waals surface area contributed by atoms with Gasteiger partial charge in [-0.2, -0.15) is 0 Å². The Hall–Kier alpha value is -2.14. The third kappa shape index (κ3) is 10.1. The largest absolute Gasteiger partial charge is 0.393 e. The van der Waals surface area contributed by atoms with E-state index in [1.165, 1.54) is 81.9 Å². The number of aliphatic hydroxyl groups is 1. The Morgan fingerprint density at radius 2 is 1.36 bits per heavy atom. The van der Waals surface area contributed by atoms with Crippen LogP contribution in [0.3, 0.4) is 0 Å². The predicted octanol–water partition coefficient (Wildman–Crippen LogP) is 6.87. The third-order valence-corrected chi connectivity index (χ3v) is 15.1. The minimum atomic E-state index is -0.843. The summed E-state index contributed by atoms with van der Waals surface area (Å²) in [5.41, 5.74) is 3.66. The van der Waals surface area contributed by atoms with Gasteiger partial charge in [-0.05, 0) is 146 Å². The molecule has 2 N–H and O–H groups in total. The standard InChI is InChI=1S/C45H71N3O7/c1-2-37(31-8-4-3-5-9-31)42(32-11-15-34(49)16-12-32)33-13-17-35(18-14-33)55-28-26-47-24-22-36(23-25-47)54-27-6-7-30-10-19-38-39(29-30)45(53)48(44(38)52)40-20-21-41(50)46-43(40)51/h30-36,38-40,49H,2-29H2,1H3,(H,46,50,51)/b42-37-. The van der Waals surface area contributed by atoms with E-state index >= 15 is 0 Å². The van der Waals surface area contributed by atoms with Crippen molar-refractivity contribution in [1.82, 2.24) is 15.1 Å². The van der Waals surface area contributed by atoms with E-state index < -0.39 is 11.9 Å². The van der Waals surface area contributed by atoms with Crippen molar-refractivity contribution in [2.75, 3.05) is 32.8 Å². The smallest absolute Gasteiger partial charge is 0.249 e. The van der Waals surface area contributed by atoms with Crippen LogP contribution in [0.25, 0.3) is 0 Å². The molecule has 0 aromatic heterocycles. The number of carbonyl (C=O) groups is 4. The lowest BCUT2D eigenvalue weighted by Crippen LogP contribution is -2.54. The molecule has 7 aliphatic rings. The molecule has 4 amide bonds. The third-order valence-electron chi connectivity index (χ3n) is 15.1. The van der Waals surface area contributed by atoms with E-state index in [1.807, 2.05) is 11.1 Å². The molecule has 0 spiro atoms. The van der Waals surface area contributed by atoms with E-state index in [9.17, 15) is 24.3 Å². The number of amides is 4. The summed E-state index contributed by atoms with van der Waals surface area (Å²) < 4.78 is 12.9. The number of hydrogen-bond acceptors (Lipinski definition) is 8. The van der Waals surface area contributed by atoms with Crippen molar-refractivity contribution in [2.45, 2.75) is 179 Å². The van der Waals surface area contributed by atoms with E-state index in [-0.39, 0.29) is 48.5 Å². The molecule has 7 rings (SSSR count). The van der Waals surface area contributed by atoms with Crippen LogP contribution >= 0.6 is 0 Å². The van der Waals surface area contributed by atoms with Crippen LogP contribution < -0.4 is 5.32 Å². The highest BCUT2D eigenvalue weighted by atomic mass is 16.5. The first-order chi connectivity index (χ1) is 26.8. The molecule has 0 bridgehead atoms. The van der Waals surface area contributed by atoms with Crippen molar-refractivity contribution in [3.05, 3.63) is 11.1 Å². The van der Waals surface area contributed by atoms with Crippen molar-refractivity contribution >= 4 is 23.6 Å². The quantitative estimate of drug-likeness (QED) is 0.112. The molecule has 10 nitrogen and oxygen atoms in total. The number of imide groups is 2. The molecule has 0 aromatic carbocycles. The highest BCUT2D eigenvalue weighted by molar-refractivity contribution is 6.10. The summed E-state index contributed by atoms with van der Waals surface area (Å²) in [5.74, 6) is 0.640. The SMILES string of the molecule is CC/C(=C(\C1CCC(O)CC1)C1CCC(OCCN2CCC(OCCCC3CCC4C(=O)N(C5CCC(=O)NC5=O)C(=O)C4C3)CC2)CC1)C1CCCCC1. The maximum atomic E-state index is 13.3. The molecule has 10 heteroatoms. The zero-order valence-electron chi connectivity index (χ0n) is 33.9. The second kappa shape index (κ2) is 19.5. The molecule has 0 radical (unpaired) electrons. The first-order valence-electron chi connectivity index (χ1n) is 22.9. The van der Waals surface area contributed by atoms with Gasteiger partial charge in [0.2, 0.25) is 23.6 Å². The Morgan fingerprint density at radius 1 is 0.709 bits per heavy atom. The number of piperidine rings is 2. The molecule has 4 saturated carbocycles. The van der Waals surface area contributed by atoms with Crippen molar-refractivity contribution in [2.24, 2.45) is 35.5 Å². The van der Waals surface area contributed by atoms with Crippen molar-refractivity contribution in [3.8, 4) is 0 Å². The number of nitrogens with zero attached hydrogens (tertiary/aromatic N) is 2. The molecule has 4 atom stereocenters. The summed E-state index contributed by atoms with van der Waals surface area (Å²) in [4.78, 5) is 54.1. The number of rotatable bonds is 14. The lowest BCUT2D eigenvalue weighted by atomic mass is 9.68. The number of ether oxygens (including phenoxy) is 2. The molecule has 55 heavy (non-hydrogen) atoms. The van der Waals surface area contributed by atoms with Gasteiger partial charge in [0.15, 0.2) is 0 Å². The lowest BCUT2D eigenvalue weighted by molar-refractivity contribution is -0.151. The Bertz CT molecular complexity index is 1350. The topological polar surface area (TPSA) is 125 Å². The number of aliphatic hydroxyl groups excluding tert-OH is 1. The molecule has 7 fully saturated rings. The number of carbonyl (C=O) groups excluding carboxylic acids is 4. The van der Waals surface area contributed by atoms with Gasteiger partial charge in [0.1, 0.15) is 6.04 Å². The zero-order valence-corrected chi connectivity index (χ0v) is 33.9. The van der Waals surface area contributed by atoms with Crippen LogP contribution in [0.5, 0.6) is 0 Å². The Labute approximate surface area is 330 Å². The second-order valence-electron chi connectivity index (χ2n) is 18.5. The Balaban J connectivity index is 0.770. The second-order valence-corrected chi connectivity index (χ2v) is 18.5. The minimum Gasteiger partial charge on any atom is -0.393 e. The first kappa shape index (κ1) is 41.0. The molecular weight excluding hydrogens is 695 g/mol. The van der Waals surface area contributed by atoms with E-state index in [4.69, 9.17) is 9.47 Å². The zero-order chi connectivity index (χ0) is 38.3. The number of allylic oxidation sites excluding steroid dienone is 2. The average Bonchev–Trinajstić information content (AvgIpc) is 3.45. The minimum absolute atomic E-state index is 0.0903. The number of fused-ring (bicyclic) bond motifs is 1. The highest BCUT2D eigenvalue weighted by Gasteiger charge is 2.53. The van der Waals surface area contributed by atoms with Gasteiger partial charge in [0, 0.05) is 32.7 Å². The van der Waals surface area contributed by atoms with Gasteiger partial charge in [0.25, 0.3) is 0 Å². The van der Waals surface area contributed by atoms with Crippen LogP contribution in [0.2, 0.25) is 0 Å². The molecule has 3 aliphatic heterocycles. The number of nitrogens with one attached hydrogen (secondary N) is 1. The van der Waals surface area contributed by atoms with Crippen molar-refractivity contribution in [3.63, 3.8) is 0 Å². The molecule has 0 aromatic rings. The van der Waals surface area contributed by atoms with Gasteiger partial charge in [0.05, 0.1) is 36.8 Å². The summed E-state index contributed by atoms with van der Waals surface area (Å²) in [7, 11) is 0. The monoisotopic (exact) mass is 766 g/mol. The summed E-state index contributed by atoms with van der Waals surface area (Å²) in [6.07, 6.45) is 24.7. The van der Waals surface area contributed by atoms with E-state index in [0.29, 0.717) is 42.8 Å². The molecular formula is C45H71N3O7. The molecule has 3 heterocycles. The van der Waals surface area contributed by atoms with Crippen molar-refractivity contribution in [1.29, 1.82) is 0 Å². The van der Waals surface area contributed by atoms with Crippen LogP contribution in [0.4, 0.5) is 0 Å². The van der Waals surface area contributed by atoms with Gasteiger partial charge >= 0.3 is 0 Å². The normalized spacial score (nSPS) is 35.1. The molecule has 3 saturated heterocycles. The van der Waals surface area contributed by atoms with E-state index in [0.717, 1.165) is 83.7 Å². The van der Waals surface area contributed by atoms with Gasteiger partial charge in [-0.25, -0.2) is 0 Å². The van der Waals surface area contributed by atoms with E-state index in [2.05, 4.69) is 17.1 Å². The molecule has 4 unspecified atom stereocenters. The fourth-order valence-electron chi connectivity index (χ4n) is 12.0. The van der Waals surface area contributed by atoms with Crippen LogP contribution in [-0.4, -0.2) is 95.7 Å². The maximum Gasteiger partial charge on any atom is 0.249 e. The van der Waals surface area contributed by atoms with Gasteiger partial charge in [-0.3, -0.25) is 29.4 Å². The van der Waals surface area contributed by atoms with Crippen LogP contribution in [-0.2, 0) is 28.7 Å². The van der Waals surface area contributed by atoms with Crippen molar-refractivity contribution < 1.29 is 33.8 Å². The first-order valence-corrected chi connectivity index (χ1v) is 22.9. The average molecular weight is 766 g/mol. The number of likely N-dealkylation sites (tertiary alicyclic amines) is 2. The summed E-state index contributed by atoms with van der Waals surface area (Å²) >= 11 is 0. The van der Waals surface area contributed by atoms with Crippen LogP contribution in [0.15, 0.2) is 11.1 Å². The lowest BCUT2D eigenvalue weighted by Gasteiger charge is -2.39. The van der Waals surface area contributed by atoms with Gasteiger partial charge in [-0.15, -0.1) is 0 Å². The van der Waals surface area contributed by atoms with Crippen LogP contribution in [0, 0.1) is 35.5 Å². The Kier molecular flexibility index (Phi) is 14.6.